The van der Waals surface area contributed by atoms with Crippen LogP contribution in [0.2, 0.25) is 5.02 Å². The molecule has 0 fully saturated rings. The SMILES string of the molecule is Cc1[nH]c(=S)[nH]c(=O)c1CCC(=O)N[C@H](C)c1ccc(Cl)cc1. The van der Waals surface area contributed by atoms with Crippen LogP contribution in [0.1, 0.15) is 36.2 Å². The fourth-order valence-corrected chi connectivity index (χ4v) is 2.69. The lowest BCUT2D eigenvalue weighted by Crippen LogP contribution is -2.28. The summed E-state index contributed by atoms with van der Waals surface area (Å²) in [5, 5.41) is 3.57. The molecule has 2 rings (SSSR count). The van der Waals surface area contributed by atoms with E-state index in [1.165, 1.54) is 0 Å². The number of H-pyrrole nitrogens is 2. The van der Waals surface area contributed by atoms with Crippen molar-refractivity contribution in [2.24, 2.45) is 0 Å². The Morgan fingerprint density at radius 1 is 1.30 bits per heavy atom. The van der Waals surface area contributed by atoms with E-state index in [0.29, 0.717) is 22.7 Å². The third-order valence-electron chi connectivity index (χ3n) is 3.60. The summed E-state index contributed by atoms with van der Waals surface area (Å²) in [5.74, 6) is -0.117. The molecule has 0 aliphatic carbocycles. The van der Waals surface area contributed by atoms with Crippen LogP contribution < -0.4 is 10.9 Å². The van der Waals surface area contributed by atoms with Crippen molar-refractivity contribution >= 4 is 29.7 Å². The second kappa shape index (κ2) is 7.57. The molecule has 2 aromatic rings. The van der Waals surface area contributed by atoms with Crippen LogP contribution in [0, 0.1) is 11.7 Å². The van der Waals surface area contributed by atoms with E-state index in [9.17, 15) is 9.59 Å². The first-order chi connectivity index (χ1) is 10.9. The van der Waals surface area contributed by atoms with E-state index in [-0.39, 0.29) is 28.7 Å². The largest absolute Gasteiger partial charge is 0.350 e. The number of carbonyl (C=O) groups excluding carboxylic acids is 1. The van der Waals surface area contributed by atoms with Gasteiger partial charge in [0.2, 0.25) is 5.91 Å². The molecule has 0 spiro atoms. The van der Waals surface area contributed by atoms with Crippen LogP contribution in [0.25, 0.3) is 0 Å². The number of rotatable bonds is 5. The van der Waals surface area contributed by atoms with Crippen molar-refractivity contribution in [1.82, 2.24) is 15.3 Å². The Bertz CT molecular complexity index is 811. The van der Waals surface area contributed by atoms with Crippen molar-refractivity contribution in [3.05, 3.63) is 61.2 Å². The molecule has 1 aromatic carbocycles. The van der Waals surface area contributed by atoms with Gasteiger partial charge in [-0.05, 0) is 50.2 Å². The zero-order valence-corrected chi connectivity index (χ0v) is 14.5. The Hall–Kier alpha value is -1.92. The van der Waals surface area contributed by atoms with Crippen molar-refractivity contribution in [2.45, 2.75) is 32.7 Å². The number of aryl methyl sites for hydroxylation is 1. The first-order valence-electron chi connectivity index (χ1n) is 7.23. The molecule has 7 heteroatoms. The molecule has 1 atom stereocenters. The van der Waals surface area contributed by atoms with Gasteiger partial charge in [-0.15, -0.1) is 0 Å². The van der Waals surface area contributed by atoms with E-state index in [1.807, 2.05) is 19.1 Å². The van der Waals surface area contributed by atoms with Gasteiger partial charge in [0, 0.05) is 22.7 Å². The quantitative estimate of drug-likeness (QED) is 0.724. The Kier molecular flexibility index (Phi) is 5.74. The highest BCUT2D eigenvalue weighted by molar-refractivity contribution is 7.71. The number of aromatic nitrogens is 2. The Morgan fingerprint density at radius 3 is 2.57 bits per heavy atom. The maximum Gasteiger partial charge on any atom is 0.255 e. The van der Waals surface area contributed by atoms with Crippen LogP contribution in [-0.4, -0.2) is 15.9 Å². The van der Waals surface area contributed by atoms with Gasteiger partial charge in [-0.25, -0.2) is 0 Å². The highest BCUT2D eigenvalue weighted by atomic mass is 35.5. The number of halogens is 1. The van der Waals surface area contributed by atoms with Crippen LogP contribution in [0.4, 0.5) is 0 Å². The number of aromatic amines is 2. The summed E-state index contributed by atoms with van der Waals surface area (Å²) in [6.45, 7) is 3.67. The number of carbonyl (C=O) groups is 1. The summed E-state index contributed by atoms with van der Waals surface area (Å²) in [6, 6.07) is 7.20. The van der Waals surface area contributed by atoms with Crippen LogP contribution in [-0.2, 0) is 11.2 Å². The minimum Gasteiger partial charge on any atom is -0.350 e. The summed E-state index contributed by atoms with van der Waals surface area (Å²) in [4.78, 5) is 29.4. The normalized spacial score (nSPS) is 12.0. The maximum absolute atomic E-state index is 12.1. The summed E-state index contributed by atoms with van der Waals surface area (Å²) in [6.07, 6.45) is 0.582. The number of hydrogen-bond donors (Lipinski definition) is 3. The van der Waals surface area contributed by atoms with Crippen LogP contribution in [0.3, 0.4) is 0 Å². The van der Waals surface area contributed by atoms with Crippen molar-refractivity contribution < 1.29 is 4.79 Å². The molecule has 1 amide bonds. The van der Waals surface area contributed by atoms with Crippen molar-refractivity contribution in [3.8, 4) is 0 Å². The first kappa shape index (κ1) is 17.4. The molecule has 1 heterocycles. The zero-order chi connectivity index (χ0) is 17.0. The lowest BCUT2D eigenvalue weighted by molar-refractivity contribution is -0.121. The van der Waals surface area contributed by atoms with E-state index in [0.717, 1.165) is 5.56 Å². The second-order valence-electron chi connectivity index (χ2n) is 5.35. The molecule has 0 aliphatic heterocycles. The molecule has 5 nitrogen and oxygen atoms in total. The lowest BCUT2D eigenvalue weighted by Gasteiger charge is -2.14. The molecule has 0 saturated carbocycles. The zero-order valence-electron chi connectivity index (χ0n) is 12.9. The minimum atomic E-state index is -0.246. The van der Waals surface area contributed by atoms with Gasteiger partial charge in [0.05, 0.1) is 6.04 Å². The van der Waals surface area contributed by atoms with Crippen molar-refractivity contribution in [1.29, 1.82) is 0 Å². The van der Waals surface area contributed by atoms with Crippen molar-refractivity contribution in [3.63, 3.8) is 0 Å². The average molecular weight is 352 g/mol. The number of benzene rings is 1. The van der Waals surface area contributed by atoms with Gasteiger partial charge in [-0.1, -0.05) is 23.7 Å². The number of hydrogen-bond acceptors (Lipinski definition) is 3. The molecular formula is C16H18ClN3O2S. The van der Waals surface area contributed by atoms with E-state index >= 15 is 0 Å². The predicted octanol–water partition coefficient (Wildman–Crippen LogP) is 3.20. The third-order valence-corrected chi connectivity index (χ3v) is 4.06. The Morgan fingerprint density at radius 2 is 1.96 bits per heavy atom. The molecule has 23 heavy (non-hydrogen) atoms. The molecule has 0 aliphatic rings. The van der Waals surface area contributed by atoms with Gasteiger partial charge in [-0.3, -0.25) is 14.6 Å². The van der Waals surface area contributed by atoms with Gasteiger partial charge in [0.1, 0.15) is 0 Å². The molecule has 0 radical (unpaired) electrons. The molecule has 0 unspecified atom stereocenters. The molecule has 3 N–H and O–H groups in total. The third kappa shape index (κ3) is 4.77. The molecular weight excluding hydrogens is 334 g/mol. The van der Waals surface area contributed by atoms with Gasteiger partial charge in [0.25, 0.3) is 5.56 Å². The topological polar surface area (TPSA) is 77.8 Å². The van der Waals surface area contributed by atoms with Crippen molar-refractivity contribution in [2.75, 3.05) is 0 Å². The van der Waals surface area contributed by atoms with E-state index in [2.05, 4.69) is 15.3 Å². The number of nitrogens with one attached hydrogen (secondary N) is 3. The fraction of sp³-hybridized carbons (Fsp3) is 0.312. The number of amides is 1. The van der Waals surface area contributed by atoms with E-state index in [4.69, 9.17) is 23.8 Å². The highest BCUT2D eigenvalue weighted by Gasteiger charge is 2.12. The average Bonchev–Trinajstić information content (AvgIpc) is 2.46. The Labute approximate surface area is 144 Å². The van der Waals surface area contributed by atoms with Crippen LogP contribution in [0.15, 0.2) is 29.1 Å². The maximum atomic E-state index is 12.1. The van der Waals surface area contributed by atoms with Crippen LogP contribution in [0.5, 0.6) is 0 Å². The summed E-state index contributed by atoms with van der Waals surface area (Å²) in [7, 11) is 0. The molecule has 0 saturated heterocycles. The highest BCUT2D eigenvalue weighted by Crippen LogP contribution is 2.16. The molecule has 0 bridgehead atoms. The smallest absolute Gasteiger partial charge is 0.255 e. The van der Waals surface area contributed by atoms with Gasteiger partial charge >= 0.3 is 0 Å². The summed E-state index contributed by atoms with van der Waals surface area (Å²) in [5.41, 5.74) is 1.97. The molecule has 1 aromatic heterocycles. The second-order valence-corrected chi connectivity index (χ2v) is 6.20. The van der Waals surface area contributed by atoms with Gasteiger partial charge in [0.15, 0.2) is 4.77 Å². The van der Waals surface area contributed by atoms with E-state index < -0.39 is 0 Å². The van der Waals surface area contributed by atoms with Gasteiger partial charge < -0.3 is 10.3 Å². The standard InChI is InChI=1S/C16H18ClN3O2S/c1-9(11-3-5-12(17)6-4-11)18-14(21)8-7-13-10(2)19-16(23)20-15(13)22/h3-6,9H,7-8H2,1-2H3,(H,18,21)(H2,19,20,22,23)/t9-/m1/s1. The van der Waals surface area contributed by atoms with Gasteiger partial charge in [-0.2, -0.15) is 0 Å². The van der Waals surface area contributed by atoms with E-state index in [1.54, 1.807) is 19.1 Å². The minimum absolute atomic E-state index is 0.117. The monoisotopic (exact) mass is 351 g/mol. The van der Waals surface area contributed by atoms with Crippen LogP contribution >= 0.6 is 23.8 Å². The lowest BCUT2D eigenvalue weighted by atomic mass is 10.1. The summed E-state index contributed by atoms with van der Waals surface area (Å²) >= 11 is 10.8. The molecule has 122 valence electrons. The Balaban J connectivity index is 1.96. The first-order valence-corrected chi connectivity index (χ1v) is 8.02. The predicted molar refractivity (Wildman–Crippen MR) is 93.3 cm³/mol. The summed E-state index contributed by atoms with van der Waals surface area (Å²) < 4.78 is 0.289. The fourth-order valence-electron chi connectivity index (χ4n) is 2.31.